The van der Waals surface area contributed by atoms with Gasteiger partial charge in [-0.3, -0.25) is 14.4 Å². The molecular formula is C28H29N3O6S. The first kappa shape index (κ1) is 26.9. The second-order valence-electron chi connectivity index (χ2n) is 8.53. The molecule has 2 N–H and O–H groups in total. The predicted octanol–water partition coefficient (Wildman–Crippen LogP) is 4.88. The number of amides is 3. The molecule has 198 valence electrons. The number of para-hydroxylation sites is 1. The minimum absolute atomic E-state index is 0.156. The molecule has 0 bridgehead atoms. The number of methoxy groups -OCH3 is 3. The summed E-state index contributed by atoms with van der Waals surface area (Å²) in [7, 11) is 4.64. The number of ether oxygens (including phenoxy) is 3. The molecule has 1 atom stereocenters. The topological polar surface area (TPSA) is 106 Å². The molecule has 0 unspecified atom stereocenters. The third kappa shape index (κ3) is 6.03. The molecule has 3 aromatic rings. The van der Waals surface area contributed by atoms with Crippen molar-refractivity contribution in [2.24, 2.45) is 0 Å². The highest BCUT2D eigenvalue weighted by molar-refractivity contribution is 7.99. The van der Waals surface area contributed by atoms with E-state index >= 15 is 0 Å². The standard InChI is InChI=1S/C28H29N3O6S/c1-17(32)29-19-8-7-9-20(14-19)30-26(33)16-31-21-10-5-6-11-24(21)38-25(15-27(31)34)18-12-22(35-2)28(37-4)23(13-18)36-3/h5-14,25H,15-16H2,1-4H3,(H,29,32)(H,30,33)/t25-/m1/s1. The van der Waals surface area contributed by atoms with Crippen LogP contribution in [-0.2, 0) is 14.4 Å². The van der Waals surface area contributed by atoms with Gasteiger partial charge in [0.05, 0.1) is 27.0 Å². The summed E-state index contributed by atoms with van der Waals surface area (Å²) in [5.41, 5.74) is 2.59. The summed E-state index contributed by atoms with van der Waals surface area (Å²) in [6.45, 7) is 1.25. The quantitative estimate of drug-likeness (QED) is 0.424. The Morgan fingerprint density at radius 3 is 2.21 bits per heavy atom. The van der Waals surface area contributed by atoms with Crippen LogP contribution < -0.4 is 29.7 Å². The number of benzene rings is 3. The van der Waals surface area contributed by atoms with Crippen LogP contribution >= 0.6 is 11.8 Å². The molecule has 0 aliphatic carbocycles. The van der Waals surface area contributed by atoms with E-state index in [4.69, 9.17) is 14.2 Å². The molecule has 3 aromatic carbocycles. The molecule has 1 aliphatic rings. The number of anilines is 3. The van der Waals surface area contributed by atoms with Gasteiger partial charge >= 0.3 is 0 Å². The van der Waals surface area contributed by atoms with Crippen molar-refractivity contribution in [2.45, 2.75) is 23.5 Å². The molecule has 0 saturated heterocycles. The van der Waals surface area contributed by atoms with E-state index in [2.05, 4.69) is 10.6 Å². The van der Waals surface area contributed by atoms with E-state index in [0.29, 0.717) is 34.3 Å². The normalized spacial score (nSPS) is 14.7. The van der Waals surface area contributed by atoms with Crippen LogP contribution in [0, 0.1) is 0 Å². The Bertz CT molecular complexity index is 1340. The van der Waals surface area contributed by atoms with Gasteiger partial charge in [-0.05, 0) is 48.0 Å². The van der Waals surface area contributed by atoms with E-state index in [1.54, 1.807) is 57.4 Å². The molecule has 4 rings (SSSR count). The van der Waals surface area contributed by atoms with Gasteiger partial charge in [0.1, 0.15) is 6.54 Å². The van der Waals surface area contributed by atoms with Crippen molar-refractivity contribution in [3.8, 4) is 17.2 Å². The summed E-state index contributed by atoms with van der Waals surface area (Å²) in [6, 6.07) is 18.0. The number of fused-ring (bicyclic) bond motifs is 1. The van der Waals surface area contributed by atoms with Gasteiger partial charge in [0.15, 0.2) is 11.5 Å². The molecular weight excluding hydrogens is 506 g/mol. The summed E-state index contributed by atoms with van der Waals surface area (Å²) in [4.78, 5) is 40.3. The van der Waals surface area contributed by atoms with E-state index in [0.717, 1.165) is 10.5 Å². The molecule has 9 nitrogen and oxygen atoms in total. The average Bonchev–Trinajstić information content (AvgIpc) is 3.03. The minimum atomic E-state index is -0.357. The fourth-order valence-corrected chi connectivity index (χ4v) is 5.51. The lowest BCUT2D eigenvalue weighted by Gasteiger charge is -2.22. The first-order valence-electron chi connectivity index (χ1n) is 11.9. The molecule has 0 saturated carbocycles. The van der Waals surface area contributed by atoms with E-state index in [1.807, 2.05) is 36.4 Å². The molecule has 0 spiro atoms. The van der Waals surface area contributed by atoms with Gasteiger partial charge in [-0.2, -0.15) is 0 Å². The molecule has 0 radical (unpaired) electrons. The lowest BCUT2D eigenvalue weighted by molar-refractivity contribution is -0.121. The number of carbonyl (C=O) groups is 3. The summed E-state index contributed by atoms with van der Waals surface area (Å²) in [5.74, 6) is 0.729. The van der Waals surface area contributed by atoms with Crippen molar-refractivity contribution >= 4 is 46.5 Å². The minimum Gasteiger partial charge on any atom is -0.493 e. The van der Waals surface area contributed by atoms with E-state index in [1.165, 1.54) is 11.8 Å². The number of hydrogen-bond donors (Lipinski definition) is 2. The number of nitrogens with zero attached hydrogens (tertiary/aromatic N) is 1. The highest BCUT2D eigenvalue weighted by atomic mass is 32.2. The molecule has 10 heteroatoms. The van der Waals surface area contributed by atoms with Gasteiger partial charge in [-0.1, -0.05) is 18.2 Å². The van der Waals surface area contributed by atoms with Crippen LogP contribution in [0.15, 0.2) is 65.6 Å². The van der Waals surface area contributed by atoms with Gasteiger partial charge < -0.3 is 29.7 Å². The maximum Gasteiger partial charge on any atom is 0.244 e. The number of carbonyl (C=O) groups excluding carboxylic acids is 3. The second-order valence-corrected chi connectivity index (χ2v) is 9.77. The van der Waals surface area contributed by atoms with Crippen LogP contribution in [0.25, 0.3) is 0 Å². The number of rotatable bonds is 8. The van der Waals surface area contributed by atoms with Crippen LogP contribution in [-0.4, -0.2) is 45.6 Å². The smallest absolute Gasteiger partial charge is 0.244 e. The highest BCUT2D eigenvalue weighted by Gasteiger charge is 2.31. The zero-order valence-corrected chi connectivity index (χ0v) is 22.4. The van der Waals surface area contributed by atoms with Crippen LogP contribution in [0.1, 0.15) is 24.2 Å². The van der Waals surface area contributed by atoms with Crippen LogP contribution in [0.3, 0.4) is 0 Å². The predicted molar refractivity (Wildman–Crippen MR) is 147 cm³/mol. The van der Waals surface area contributed by atoms with Gasteiger partial charge in [-0.25, -0.2) is 0 Å². The van der Waals surface area contributed by atoms with Gasteiger partial charge in [0, 0.05) is 34.9 Å². The Labute approximate surface area is 225 Å². The Hall–Kier alpha value is -4.18. The maximum absolute atomic E-state index is 13.6. The highest BCUT2D eigenvalue weighted by Crippen LogP contribution is 2.49. The van der Waals surface area contributed by atoms with Gasteiger partial charge in [0.25, 0.3) is 0 Å². The van der Waals surface area contributed by atoms with E-state index in [-0.39, 0.29) is 35.9 Å². The maximum atomic E-state index is 13.6. The second kappa shape index (κ2) is 11.9. The third-order valence-electron chi connectivity index (χ3n) is 5.91. The fraction of sp³-hybridized carbons (Fsp3) is 0.250. The largest absolute Gasteiger partial charge is 0.493 e. The molecule has 38 heavy (non-hydrogen) atoms. The Morgan fingerprint density at radius 1 is 0.921 bits per heavy atom. The third-order valence-corrected chi connectivity index (χ3v) is 7.24. The van der Waals surface area contributed by atoms with Gasteiger partial charge in [-0.15, -0.1) is 11.8 Å². The summed E-state index contributed by atoms with van der Waals surface area (Å²) < 4.78 is 16.5. The Morgan fingerprint density at radius 2 is 1.58 bits per heavy atom. The van der Waals surface area contributed by atoms with E-state index < -0.39 is 0 Å². The zero-order valence-electron chi connectivity index (χ0n) is 21.6. The zero-order chi connectivity index (χ0) is 27.2. The molecule has 3 amide bonds. The van der Waals surface area contributed by atoms with Crippen molar-refractivity contribution in [2.75, 3.05) is 43.4 Å². The summed E-state index contributed by atoms with van der Waals surface area (Å²) in [5, 5.41) is 5.26. The van der Waals surface area contributed by atoms with Crippen LogP contribution in [0.2, 0.25) is 0 Å². The first-order valence-corrected chi connectivity index (χ1v) is 12.7. The van der Waals surface area contributed by atoms with Crippen LogP contribution in [0.4, 0.5) is 17.1 Å². The first-order chi connectivity index (χ1) is 18.3. The molecule has 0 aromatic heterocycles. The molecule has 1 aliphatic heterocycles. The van der Waals surface area contributed by atoms with E-state index in [9.17, 15) is 14.4 Å². The monoisotopic (exact) mass is 535 g/mol. The van der Waals surface area contributed by atoms with Crippen molar-refractivity contribution in [1.82, 2.24) is 0 Å². The lowest BCUT2D eigenvalue weighted by atomic mass is 10.1. The van der Waals surface area contributed by atoms with Crippen molar-refractivity contribution in [1.29, 1.82) is 0 Å². The SMILES string of the molecule is COc1cc([C@H]2CC(=O)N(CC(=O)Nc3cccc(NC(C)=O)c3)c3ccccc3S2)cc(OC)c1OC. The van der Waals surface area contributed by atoms with Crippen LogP contribution in [0.5, 0.6) is 17.2 Å². The molecule has 1 heterocycles. The summed E-state index contributed by atoms with van der Waals surface area (Å²) in [6.07, 6.45) is 0.156. The Kier molecular flexibility index (Phi) is 8.42. The number of hydrogen-bond acceptors (Lipinski definition) is 7. The van der Waals surface area contributed by atoms with Crippen molar-refractivity contribution in [3.05, 3.63) is 66.2 Å². The number of thioether (sulfide) groups is 1. The van der Waals surface area contributed by atoms with Crippen molar-refractivity contribution in [3.63, 3.8) is 0 Å². The Balaban J connectivity index is 1.59. The lowest BCUT2D eigenvalue weighted by Crippen LogP contribution is -2.38. The average molecular weight is 536 g/mol. The van der Waals surface area contributed by atoms with Gasteiger partial charge in [0.2, 0.25) is 23.5 Å². The molecule has 0 fully saturated rings. The number of nitrogens with one attached hydrogen (secondary N) is 2. The fourth-order valence-electron chi connectivity index (χ4n) is 4.25. The van der Waals surface area contributed by atoms with Crippen molar-refractivity contribution < 1.29 is 28.6 Å². The summed E-state index contributed by atoms with van der Waals surface area (Å²) >= 11 is 1.54.